The first kappa shape index (κ1) is 16.4. The van der Waals surface area contributed by atoms with Crippen LogP contribution < -0.4 is 5.73 Å². The average molecular weight is 327 g/mol. The SMILES string of the molecule is Cc1ccc(S(=O)(=O)N2CCC(C(N)=O)CC2)cc1[N+](=O)[O-]. The van der Waals surface area contributed by atoms with Gasteiger partial charge in [-0.2, -0.15) is 4.31 Å². The van der Waals surface area contributed by atoms with Gasteiger partial charge in [0.2, 0.25) is 15.9 Å². The molecule has 0 spiro atoms. The Labute approximate surface area is 128 Å². The number of aryl methyl sites for hydroxylation is 1. The minimum absolute atomic E-state index is 0.109. The molecular formula is C13H17N3O5S. The molecular weight excluding hydrogens is 310 g/mol. The van der Waals surface area contributed by atoms with Crippen LogP contribution in [0.4, 0.5) is 5.69 Å². The minimum Gasteiger partial charge on any atom is -0.369 e. The van der Waals surface area contributed by atoms with E-state index in [1.807, 2.05) is 0 Å². The number of amides is 1. The quantitative estimate of drug-likeness (QED) is 0.646. The highest BCUT2D eigenvalue weighted by Gasteiger charge is 2.32. The topological polar surface area (TPSA) is 124 Å². The maximum Gasteiger partial charge on any atom is 0.273 e. The van der Waals surface area contributed by atoms with E-state index in [-0.39, 0.29) is 29.6 Å². The number of hydrogen-bond acceptors (Lipinski definition) is 5. The van der Waals surface area contributed by atoms with Crippen molar-refractivity contribution in [3.63, 3.8) is 0 Å². The maximum atomic E-state index is 12.5. The van der Waals surface area contributed by atoms with Gasteiger partial charge in [-0.05, 0) is 25.8 Å². The molecule has 1 aromatic rings. The van der Waals surface area contributed by atoms with E-state index in [1.165, 1.54) is 16.4 Å². The van der Waals surface area contributed by atoms with Gasteiger partial charge in [0.1, 0.15) is 0 Å². The molecule has 0 saturated carbocycles. The summed E-state index contributed by atoms with van der Waals surface area (Å²) in [6, 6.07) is 3.85. The standard InChI is InChI=1S/C13H17N3O5S/c1-9-2-3-11(8-12(9)16(18)19)22(20,21)15-6-4-10(5-7-15)13(14)17/h2-3,8,10H,4-7H2,1H3,(H2,14,17). The van der Waals surface area contributed by atoms with Gasteiger partial charge in [0, 0.05) is 30.6 Å². The number of nitro benzene ring substituents is 1. The van der Waals surface area contributed by atoms with E-state index >= 15 is 0 Å². The van der Waals surface area contributed by atoms with Crippen molar-refractivity contribution >= 4 is 21.6 Å². The lowest BCUT2D eigenvalue weighted by Gasteiger charge is -2.29. The van der Waals surface area contributed by atoms with Gasteiger partial charge < -0.3 is 5.73 Å². The van der Waals surface area contributed by atoms with Crippen molar-refractivity contribution in [2.24, 2.45) is 11.7 Å². The molecule has 0 aliphatic carbocycles. The highest BCUT2D eigenvalue weighted by Crippen LogP contribution is 2.27. The molecule has 120 valence electrons. The number of rotatable bonds is 4. The second kappa shape index (κ2) is 6.01. The summed E-state index contributed by atoms with van der Waals surface area (Å²) in [7, 11) is -3.81. The predicted molar refractivity (Wildman–Crippen MR) is 78.5 cm³/mol. The minimum atomic E-state index is -3.81. The molecule has 2 rings (SSSR count). The normalized spacial score (nSPS) is 17.3. The van der Waals surface area contributed by atoms with Gasteiger partial charge >= 0.3 is 0 Å². The molecule has 2 N–H and O–H groups in total. The van der Waals surface area contributed by atoms with Crippen molar-refractivity contribution in [3.05, 3.63) is 33.9 Å². The second-order valence-corrected chi connectivity index (χ2v) is 7.22. The first-order chi connectivity index (χ1) is 10.2. The van der Waals surface area contributed by atoms with Crippen molar-refractivity contribution in [2.75, 3.05) is 13.1 Å². The number of benzene rings is 1. The molecule has 1 saturated heterocycles. The highest BCUT2D eigenvalue weighted by atomic mass is 32.2. The summed E-state index contributed by atoms with van der Waals surface area (Å²) in [5.41, 5.74) is 5.39. The molecule has 1 fully saturated rings. The molecule has 0 radical (unpaired) electrons. The zero-order valence-electron chi connectivity index (χ0n) is 12.1. The third-order valence-corrected chi connectivity index (χ3v) is 5.77. The largest absolute Gasteiger partial charge is 0.369 e. The van der Waals surface area contributed by atoms with Crippen molar-refractivity contribution < 1.29 is 18.1 Å². The van der Waals surface area contributed by atoms with E-state index in [4.69, 9.17) is 5.73 Å². The number of piperidine rings is 1. The molecule has 22 heavy (non-hydrogen) atoms. The zero-order chi connectivity index (χ0) is 16.5. The summed E-state index contributed by atoms with van der Waals surface area (Å²) in [5.74, 6) is -0.748. The van der Waals surface area contributed by atoms with Gasteiger partial charge in [0.15, 0.2) is 0 Å². The molecule has 1 aliphatic heterocycles. The van der Waals surface area contributed by atoms with E-state index in [0.717, 1.165) is 6.07 Å². The first-order valence-electron chi connectivity index (χ1n) is 6.78. The fraction of sp³-hybridized carbons (Fsp3) is 0.462. The Bertz CT molecular complexity index is 708. The number of nitrogens with zero attached hydrogens (tertiary/aromatic N) is 2. The van der Waals surface area contributed by atoms with Gasteiger partial charge in [-0.15, -0.1) is 0 Å². The first-order valence-corrected chi connectivity index (χ1v) is 8.22. The van der Waals surface area contributed by atoms with Gasteiger partial charge in [-0.3, -0.25) is 14.9 Å². The molecule has 0 atom stereocenters. The average Bonchev–Trinajstić information content (AvgIpc) is 2.47. The van der Waals surface area contributed by atoms with Crippen LogP contribution in [0.2, 0.25) is 0 Å². The Hall–Kier alpha value is -2.00. The highest BCUT2D eigenvalue weighted by molar-refractivity contribution is 7.89. The number of hydrogen-bond donors (Lipinski definition) is 1. The summed E-state index contributed by atoms with van der Waals surface area (Å²) in [6.07, 6.45) is 0.727. The summed E-state index contributed by atoms with van der Waals surface area (Å²) in [4.78, 5) is 21.3. The number of primary amides is 1. The van der Waals surface area contributed by atoms with Crippen LogP contribution in [0.3, 0.4) is 0 Å². The summed E-state index contributed by atoms with van der Waals surface area (Å²) in [5, 5.41) is 10.9. The number of nitrogens with two attached hydrogens (primary N) is 1. The summed E-state index contributed by atoms with van der Waals surface area (Å²) >= 11 is 0. The van der Waals surface area contributed by atoms with Gasteiger partial charge in [-0.1, -0.05) is 6.07 Å². The molecule has 8 nitrogen and oxygen atoms in total. The van der Waals surface area contributed by atoms with Gasteiger partial charge in [0.05, 0.1) is 9.82 Å². The van der Waals surface area contributed by atoms with Crippen LogP contribution >= 0.6 is 0 Å². The van der Waals surface area contributed by atoms with Crippen LogP contribution in [0.15, 0.2) is 23.1 Å². The lowest BCUT2D eigenvalue weighted by Crippen LogP contribution is -2.41. The Kier molecular flexibility index (Phi) is 4.47. The Morgan fingerprint density at radius 2 is 1.95 bits per heavy atom. The van der Waals surface area contributed by atoms with Crippen LogP contribution in [0.5, 0.6) is 0 Å². The number of carbonyl (C=O) groups excluding carboxylic acids is 1. The van der Waals surface area contributed by atoms with E-state index < -0.39 is 20.9 Å². The number of carbonyl (C=O) groups is 1. The Balaban J connectivity index is 2.26. The van der Waals surface area contributed by atoms with Crippen molar-refractivity contribution in [1.82, 2.24) is 4.31 Å². The third kappa shape index (κ3) is 3.09. The zero-order valence-corrected chi connectivity index (χ0v) is 12.9. The molecule has 1 amide bonds. The molecule has 0 aromatic heterocycles. The van der Waals surface area contributed by atoms with Crippen molar-refractivity contribution in [3.8, 4) is 0 Å². The number of nitro groups is 1. The van der Waals surface area contributed by atoms with Crippen LogP contribution in [-0.4, -0.2) is 36.6 Å². The van der Waals surface area contributed by atoms with Crippen LogP contribution in [0, 0.1) is 23.0 Å². The summed E-state index contributed by atoms with van der Waals surface area (Å²) < 4.78 is 26.3. The molecule has 1 aromatic carbocycles. The molecule has 1 heterocycles. The maximum absolute atomic E-state index is 12.5. The Morgan fingerprint density at radius 3 is 2.45 bits per heavy atom. The van der Waals surface area contributed by atoms with Crippen molar-refractivity contribution in [2.45, 2.75) is 24.7 Å². The van der Waals surface area contributed by atoms with Crippen molar-refractivity contribution in [1.29, 1.82) is 0 Å². The van der Waals surface area contributed by atoms with E-state index in [9.17, 15) is 23.3 Å². The smallest absolute Gasteiger partial charge is 0.273 e. The molecule has 9 heteroatoms. The molecule has 0 unspecified atom stereocenters. The number of sulfonamides is 1. The third-order valence-electron chi connectivity index (χ3n) is 3.87. The van der Waals surface area contributed by atoms with Crippen LogP contribution in [0.1, 0.15) is 18.4 Å². The molecule has 0 bridgehead atoms. The van der Waals surface area contributed by atoms with Crippen LogP contribution in [-0.2, 0) is 14.8 Å². The predicted octanol–water partition coefficient (Wildman–Crippen LogP) is 0.789. The molecule has 1 aliphatic rings. The Morgan fingerprint density at radius 1 is 1.36 bits per heavy atom. The van der Waals surface area contributed by atoms with E-state index in [2.05, 4.69) is 0 Å². The van der Waals surface area contributed by atoms with E-state index in [1.54, 1.807) is 6.92 Å². The van der Waals surface area contributed by atoms with Crippen LogP contribution in [0.25, 0.3) is 0 Å². The lowest BCUT2D eigenvalue weighted by molar-refractivity contribution is -0.385. The fourth-order valence-corrected chi connectivity index (χ4v) is 3.97. The second-order valence-electron chi connectivity index (χ2n) is 5.29. The lowest BCUT2D eigenvalue weighted by atomic mass is 9.98. The summed E-state index contributed by atoms with van der Waals surface area (Å²) in [6.45, 7) is 1.90. The van der Waals surface area contributed by atoms with Gasteiger partial charge in [0.25, 0.3) is 5.69 Å². The van der Waals surface area contributed by atoms with E-state index in [0.29, 0.717) is 18.4 Å². The fourth-order valence-electron chi connectivity index (χ4n) is 2.48. The monoisotopic (exact) mass is 327 g/mol. The van der Waals surface area contributed by atoms with Gasteiger partial charge in [-0.25, -0.2) is 8.42 Å².